The number of hydrogen-bond acceptors (Lipinski definition) is 3. The smallest absolute Gasteiger partial charge is 0.358 e. The Morgan fingerprint density at radius 1 is 1.31 bits per heavy atom. The molecule has 0 amide bonds. The third kappa shape index (κ3) is 1.89. The first-order valence-corrected chi connectivity index (χ1v) is 4.98. The molecule has 2 aromatic rings. The molecule has 0 aliphatic heterocycles. The van der Waals surface area contributed by atoms with E-state index in [1.54, 1.807) is 18.2 Å². The number of hydrogen-bond donors (Lipinski definition) is 1. The van der Waals surface area contributed by atoms with Crippen LogP contribution < -0.4 is 0 Å². The van der Waals surface area contributed by atoms with Gasteiger partial charge in [-0.15, -0.1) is 0 Å². The van der Waals surface area contributed by atoms with Gasteiger partial charge in [0.1, 0.15) is 6.26 Å². The number of nitrogens with zero attached hydrogens (tertiary/aromatic N) is 1. The van der Waals surface area contributed by atoms with E-state index in [2.05, 4.69) is 9.68 Å². The van der Waals surface area contributed by atoms with Crippen LogP contribution in [0.5, 0.6) is 0 Å². The number of benzene rings is 1. The molecule has 16 heavy (non-hydrogen) atoms. The maximum absolute atomic E-state index is 10.8. The molecule has 0 aliphatic rings. The highest BCUT2D eigenvalue weighted by Crippen LogP contribution is 2.30. The second kappa shape index (κ2) is 4.15. The molecular weight excluding hydrogens is 253 g/mol. The Morgan fingerprint density at radius 3 is 2.69 bits per heavy atom. The van der Waals surface area contributed by atoms with Crippen LogP contribution in [0.2, 0.25) is 10.0 Å². The molecule has 0 radical (unpaired) electrons. The molecule has 0 saturated heterocycles. The van der Waals surface area contributed by atoms with Crippen molar-refractivity contribution in [2.75, 3.05) is 0 Å². The van der Waals surface area contributed by atoms with Gasteiger partial charge in [-0.25, -0.2) is 4.79 Å². The Morgan fingerprint density at radius 2 is 2.06 bits per heavy atom. The van der Waals surface area contributed by atoms with Crippen molar-refractivity contribution >= 4 is 29.2 Å². The lowest BCUT2D eigenvalue weighted by molar-refractivity contribution is 0.0686. The first kappa shape index (κ1) is 11.0. The minimum atomic E-state index is -1.16. The average molecular weight is 258 g/mol. The van der Waals surface area contributed by atoms with Crippen LogP contribution in [0.15, 0.2) is 29.0 Å². The standard InChI is InChI=1S/C10H5Cl2NO3/c11-7-2-1-5(3-8(7)12)6-4-16-13-9(6)10(14)15/h1-4H,(H,14,15). The van der Waals surface area contributed by atoms with Crippen LogP contribution in [-0.4, -0.2) is 16.2 Å². The summed E-state index contributed by atoms with van der Waals surface area (Å²) in [6.07, 6.45) is 1.25. The van der Waals surface area contributed by atoms with E-state index in [9.17, 15) is 4.79 Å². The summed E-state index contributed by atoms with van der Waals surface area (Å²) in [5, 5.41) is 13.0. The van der Waals surface area contributed by atoms with Gasteiger partial charge in [0.25, 0.3) is 0 Å². The number of rotatable bonds is 2. The van der Waals surface area contributed by atoms with Crippen LogP contribution in [-0.2, 0) is 0 Å². The van der Waals surface area contributed by atoms with Crippen LogP contribution in [0, 0.1) is 0 Å². The maximum atomic E-state index is 10.8. The summed E-state index contributed by atoms with van der Waals surface area (Å²) >= 11 is 11.6. The molecule has 0 unspecified atom stereocenters. The highest BCUT2D eigenvalue weighted by molar-refractivity contribution is 6.42. The normalized spacial score (nSPS) is 10.4. The maximum Gasteiger partial charge on any atom is 0.358 e. The lowest BCUT2D eigenvalue weighted by Crippen LogP contribution is -1.98. The largest absolute Gasteiger partial charge is 0.476 e. The second-order valence-electron chi connectivity index (χ2n) is 3.01. The Balaban J connectivity index is 2.54. The molecule has 0 fully saturated rings. The van der Waals surface area contributed by atoms with Crippen molar-refractivity contribution in [1.82, 2.24) is 5.16 Å². The van der Waals surface area contributed by atoms with Gasteiger partial charge in [-0.05, 0) is 17.7 Å². The van der Waals surface area contributed by atoms with E-state index >= 15 is 0 Å². The van der Waals surface area contributed by atoms with Gasteiger partial charge in [0.15, 0.2) is 5.69 Å². The number of aromatic nitrogens is 1. The number of carboxylic acids is 1. The van der Waals surface area contributed by atoms with Crippen molar-refractivity contribution in [1.29, 1.82) is 0 Å². The van der Waals surface area contributed by atoms with Crippen LogP contribution >= 0.6 is 23.2 Å². The minimum Gasteiger partial charge on any atom is -0.476 e. The first-order valence-electron chi connectivity index (χ1n) is 4.22. The summed E-state index contributed by atoms with van der Waals surface area (Å²) < 4.78 is 4.62. The predicted octanol–water partition coefficient (Wildman–Crippen LogP) is 3.35. The second-order valence-corrected chi connectivity index (χ2v) is 3.83. The van der Waals surface area contributed by atoms with Crippen LogP contribution in [0.1, 0.15) is 10.5 Å². The lowest BCUT2D eigenvalue weighted by atomic mass is 10.1. The van der Waals surface area contributed by atoms with Crippen molar-refractivity contribution in [2.45, 2.75) is 0 Å². The molecule has 0 saturated carbocycles. The summed E-state index contributed by atoms with van der Waals surface area (Å²) in [7, 11) is 0. The van der Waals surface area contributed by atoms with Crippen LogP contribution in [0.4, 0.5) is 0 Å². The molecule has 6 heteroatoms. The lowest BCUT2D eigenvalue weighted by Gasteiger charge is -2.00. The Hall–Kier alpha value is -1.52. The SMILES string of the molecule is O=C(O)c1nocc1-c1ccc(Cl)c(Cl)c1. The van der Waals surface area contributed by atoms with Crippen molar-refractivity contribution in [3.05, 3.63) is 40.2 Å². The number of halogens is 2. The quantitative estimate of drug-likeness (QED) is 0.897. The van der Waals surface area contributed by atoms with Crippen LogP contribution in [0.3, 0.4) is 0 Å². The zero-order valence-electron chi connectivity index (χ0n) is 7.78. The summed E-state index contributed by atoms with van der Waals surface area (Å²) in [6.45, 7) is 0. The van der Waals surface area contributed by atoms with Crippen molar-refractivity contribution in [3.63, 3.8) is 0 Å². The molecule has 82 valence electrons. The van der Waals surface area contributed by atoms with Gasteiger partial charge in [-0.1, -0.05) is 34.4 Å². The van der Waals surface area contributed by atoms with E-state index in [0.29, 0.717) is 21.2 Å². The third-order valence-electron chi connectivity index (χ3n) is 2.00. The first-order chi connectivity index (χ1) is 7.59. The van der Waals surface area contributed by atoms with Gasteiger partial charge < -0.3 is 9.63 Å². The van der Waals surface area contributed by atoms with Crippen molar-refractivity contribution in [2.24, 2.45) is 0 Å². The van der Waals surface area contributed by atoms with E-state index in [-0.39, 0.29) is 5.69 Å². The van der Waals surface area contributed by atoms with Gasteiger partial charge in [-0.2, -0.15) is 0 Å². The van der Waals surface area contributed by atoms with Gasteiger partial charge in [0, 0.05) is 0 Å². The average Bonchev–Trinajstić information content (AvgIpc) is 2.71. The van der Waals surface area contributed by atoms with Gasteiger partial charge in [0.2, 0.25) is 0 Å². The summed E-state index contributed by atoms with van der Waals surface area (Å²) in [5.41, 5.74) is 0.803. The molecule has 0 spiro atoms. The Labute approximate surface area is 100 Å². The van der Waals surface area contributed by atoms with E-state index < -0.39 is 5.97 Å². The fourth-order valence-electron chi connectivity index (χ4n) is 1.26. The highest BCUT2D eigenvalue weighted by atomic mass is 35.5. The minimum absolute atomic E-state index is 0.154. The number of carbonyl (C=O) groups is 1. The highest BCUT2D eigenvalue weighted by Gasteiger charge is 2.17. The zero-order valence-corrected chi connectivity index (χ0v) is 9.29. The van der Waals surface area contributed by atoms with E-state index in [1.807, 2.05) is 0 Å². The zero-order chi connectivity index (χ0) is 11.7. The molecule has 2 rings (SSSR count). The molecule has 0 bridgehead atoms. The van der Waals surface area contributed by atoms with E-state index in [1.165, 1.54) is 6.26 Å². The molecule has 1 aromatic carbocycles. The van der Waals surface area contributed by atoms with Gasteiger partial charge in [-0.3, -0.25) is 0 Å². The predicted molar refractivity (Wildman–Crippen MR) is 58.9 cm³/mol. The fraction of sp³-hybridized carbons (Fsp3) is 0. The van der Waals surface area contributed by atoms with Gasteiger partial charge in [0.05, 0.1) is 15.6 Å². The molecule has 1 N–H and O–H groups in total. The molecule has 0 aliphatic carbocycles. The summed E-state index contributed by atoms with van der Waals surface area (Å²) in [6, 6.07) is 4.79. The van der Waals surface area contributed by atoms with E-state index in [0.717, 1.165) is 0 Å². The summed E-state index contributed by atoms with van der Waals surface area (Å²) in [4.78, 5) is 10.8. The molecule has 1 aromatic heterocycles. The Kier molecular flexibility index (Phi) is 2.85. The fourth-order valence-corrected chi connectivity index (χ4v) is 1.56. The van der Waals surface area contributed by atoms with Crippen molar-refractivity contribution < 1.29 is 14.4 Å². The molecule has 1 heterocycles. The number of aromatic carboxylic acids is 1. The number of carboxylic acid groups (broad SMARTS) is 1. The monoisotopic (exact) mass is 257 g/mol. The third-order valence-corrected chi connectivity index (χ3v) is 2.74. The van der Waals surface area contributed by atoms with Gasteiger partial charge >= 0.3 is 5.97 Å². The van der Waals surface area contributed by atoms with Crippen LogP contribution in [0.25, 0.3) is 11.1 Å². The molecule has 0 atom stereocenters. The Bertz CT molecular complexity index is 551. The molecular formula is C10H5Cl2NO3. The van der Waals surface area contributed by atoms with E-state index in [4.69, 9.17) is 28.3 Å². The van der Waals surface area contributed by atoms with Crippen molar-refractivity contribution in [3.8, 4) is 11.1 Å². The molecule has 4 nitrogen and oxygen atoms in total. The topological polar surface area (TPSA) is 63.3 Å². The summed E-state index contributed by atoms with van der Waals surface area (Å²) in [5.74, 6) is -1.16.